The Kier molecular flexibility index (Phi) is 4.20. The molecule has 0 aromatic heterocycles. The van der Waals surface area contributed by atoms with Crippen LogP contribution in [0, 0.1) is 0 Å². The highest BCUT2D eigenvalue weighted by Crippen LogP contribution is 2.48. The van der Waals surface area contributed by atoms with Crippen LogP contribution >= 0.6 is 7.82 Å². The summed E-state index contributed by atoms with van der Waals surface area (Å²) in [6.07, 6.45) is 0. The zero-order valence-electron chi connectivity index (χ0n) is 9.85. The van der Waals surface area contributed by atoms with Gasteiger partial charge in [-0.2, -0.15) is 0 Å². The molecular weight excluding hydrogens is 267 g/mol. The molecule has 94 valence electrons. The molecule has 0 spiro atoms. The van der Waals surface area contributed by atoms with E-state index in [-0.39, 0.29) is 10.5 Å². The van der Waals surface area contributed by atoms with Crippen LogP contribution in [0.2, 0.25) is 0 Å². The molecule has 0 heterocycles. The third-order valence-electron chi connectivity index (χ3n) is 2.14. The Hall–Kier alpha value is -1.55. The van der Waals surface area contributed by atoms with Gasteiger partial charge in [0, 0.05) is 0 Å². The van der Waals surface area contributed by atoms with Gasteiger partial charge in [-0.05, 0) is 24.3 Å². The van der Waals surface area contributed by atoms with Crippen molar-refractivity contribution in [2.45, 2.75) is 0 Å². The predicted octanol–water partition coefficient (Wildman–Crippen LogP) is 2.55. The fourth-order valence-electron chi connectivity index (χ4n) is 1.31. The van der Waals surface area contributed by atoms with Crippen LogP contribution in [0.4, 0.5) is 0 Å². The molecule has 0 saturated heterocycles. The molecule has 0 radical (unpaired) electrons. The number of phosphoric ester groups is 1. The smallest absolute Gasteiger partial charge is 0.396 e. The highest BCUT2D eigenvalue weighted by molar-refractivity contribution is 7.50. The van der Waals surface area contributed by atoms with E-state index in [4.69, 9.17) is 13.3 Å². The summed E-state index contributed by atoms with van der Waals surface area (Å²) < 4.78 is 27.9. The number of rotatable bonds is 5. The van der Waals surface area contributed by atoms with Crippen molar-refractivity contribution < 1.29 is 17.8 Å². The first-order valence-corrected chi connectivity index (χ1v) is 7.65. The maximum atomic E-state index is 12.3. The SMILES string of the molecule is O=P(O[SiH3])(Oc1ccccc1)Oc1ccccc1. The van der Waals surface area contributed by atoms with Gasteiger partial charge >= 0.3 is 7.82 Å². The Labute approximate surface area is 109 Å². The summed E-state index contributed by atoms with van der Waals surface area (Å²) in [5, 5.41) is 0. The van der Waals surface area contributed by atoms with Gasteiger partial charge in [-0.15, -0.1) is 0 Å². The lowest BCUT2D eigenvalue weighted by molar-refractivity contribution is 0.307. The van der Waals surface area contributed by atoms with Crippen molar-refractivity contribution in [2.75, 3.05) is 0 Å². The molecule has 18 heavy (non-hydrogen) atoms. The van der Waals surface area contributed by atoms with Crippen molar-refractivity contribution in [2.24, 2.45) is 0 Å². The van der Waals surface area contributed by atoms with E-state index >= 15 is 0 Å². The Morgan fingerprint density at radius 2 is 1.17 bits per heavy atom. The zero-order valence-corrected chi connectivity index (χ0v) is 12.7. The molecule has 0 amide bonds. The largest absolute Gasteiger partial charge is 0.576 e. The van der Waals surface area contributed by atoms with Gasteiger partial charge in [-0.25, -0.2) is 4.57 Å². The van der Waals surface area contributed by atoms with Crippen LogP contribution in [0.1, 0.15) is 0 Å². The van der Waals surface area contributed by atoms with Crippen LogP contribution in [0.3, 0.4) is 0 Å². The lowest BCUT2D eigenvalue weighted by Gasteiger charge is -2.17. The fraction of sp³-hybridized carbons (Fsp3) is 0. The number of hydrogen-bond donors (Lipinski definition) is 0. The summed E-state index contributed by atoms with van der Waals surface area (Å²) in [6, 6.07) is 17.6. The lowest BCUT2D eigenvalue weighted by atomic mass is 10.3. The van der Waals surface area contributed by atoms with E-state index < -0.39 is 7.82 Å². The molecule has 0 atom stereocenters. The average Bonchev–Trinajstić information content (AvgIpc) is 2.41. The van der Waals surface area contributed by atoms with Gasteiger partial charge in [0.2, 0.25) is 0 Å². The Balaban J connectivity index is 2.14. The number of hydrogen-bond acceptors (Lipinski definition) is 4. The van der Waals surface area contributed by atoms with Crippen LogP contribution < -0.4 is 9.05 Å². The van der Waals surface area contributed by atoms with E-state index in [1.807, 2.05) is 12.1 Å². The van der Waals surface area contributed by atoms with Crippen LogP contribution in [0.15, 0.2) is 60.7 Å². The van der Waals surface area contributed by atoms with Crippen LogP contribution in [0.5, 0.6) is 11.5 Å². The van der Waals surface area contributed by atoms with E-state index in [2.05, 4.69) is 0 Å². The maximum Gasteiger partial charge on any atom is 0.576 e. The average molecular weight is 280 g/mol. The Bertz CT molecular complexity index is 487. The second kappa shape index (κ2) is 5.86. The van der Waals surface area contributed by atoms with E-state index in [9.17, 15) is 4.57 Å². The molecular formula is C12H13O4PSi. The molecule has 2 aromatic rings. The van der Waals surface area contributed by atoms with Crippen molar-refractivity contribution in [1.82, 2.24) is 0 Å². The van der Waals surface area contributed by atoms with Crippen molar-refractivity contribution >= 4 is 18.3 Å². The molecule has 0 unspecified atom stereocenters. The second-order valence-corrected chi connectivity index (χ2v) is 6.16. The van der Waals surface area contributed by atoms with Gasteiger partial charge in [0.05, 0.1) is 0 Å². The summed E-state index contributed by atoms with van der Waals surface area (Å²) in [5.74, 6) is 0.903. The lowest BCUT2D eigenvalue weighted by Crippen LogP contribution is -2.03. The molecule has 2 rings (SSSR count). The minimum absolute atomic E-state index is 0.255. The molecule has 2 aromatic carbocycles. The van der Waals surface area contributed by atoms with Crippen molar-refractivity contribution in [3.8, 4) is 11.5 Å². The first-order chi connectivity index (χ1) is 8.72. The highest BCUT2D eigenvalue weighted by Gasteiger charge is 2.27. The molecule has 0 aliphatic heterocycles. The maximum absolute atomic E-state index is 12.3. The minimum Gasteiger partial charge on any atom is -0.396 e. The number of benzene rings is 2. The highest BCUT2D eigenvalue weighted by atomic mass is 31.2. The first-order valence-electron chi connectivity index (χ1n) is 5.37. The van der Waals surface area contributed by atoms with Gasteiger partial charge in [-0.3, -0.25) is 0 Å². The molecule has 0 bridgehead atoms. The topological polar surface area (TPSA) is 44.8 Å². The second-order valence-electron chi connectivity index (χ2n) is 3.44. The molecule has 4 nitrogen and oxygen atoms in total. The summed E-state index contributed by atoms with van der Waals surface area (Å²) >= 11 is 0. The van der Waals surface area contributed by atoms with Crippen LogP contribution in [-0.4, -0.2) is 10.5 Å². The van der Waals surface area contributed by atoms with E-state index in [1.54, 1.807) is 48.5 Å². The van der Waals surface area contributed by atoms with Gasteiger partial charge in [-0.1, -0.05) is 36.4 Å². The summed E-state index contributed by atoms with van der Waals surface area (Å²) in [6.45, 7) is 0. The van der Waals surface area contributed by atoms with Crippen molar-refractivity contribution in [3.05, 3.63) is 60.7 Å². The molecule has 0 aliphatic carbocycles. The number of phosphoric acid groups is 1. The molecule has 0 saturated carbocycles. The predicted molar refractivity (Wildman–Crippen MR) is 72.8 cm³/mol. The number of para-hydroxylation sites is 2. The summed E-state index contributed by atoms with van der Waals surface area (Å²) in [5.41, 5.74) is 0. The van der Waals surface area contributed by atoms with E-state index in [0.29, 0.717) is 11.5 Å². The van der Waals surface area contributed by atoms with E-state index in [0.717, 1.165) is 0 Å². The third kappa shape index (κ3) is 3.47. The summed E-state index contributed by atoms with van der Waals surface area (Å²) in [7, 11) is -3.33. The van der Waals surface area contributed by atoms with Gasteiger partial charge in [0.25, 0.3) is 0 Å². The fourth-order valence-corrected chi connectivity index (χ4v) is 2.71. The zero-order chi connectivity index (χ0) is 12.8. The third-order valence-corrected chi connectivity index (χ3v) is 4.80. The van der Waals surface area contributed by atoms with E-state index in [1.165, 1.54) is 0 Å². The minimum atomic E-state index is -3.58. The monoisotopic (exact) mass is 280 g/mol. The van der Waals surface area contributed by atoms with Gasteiger partial charge in [0.1, 0.15) is 11.5 Å². The standard InChI is InChI=1S/C12H13O4PSi/c13-17(16-18,14-11-7-3-1-4-8-11)15-12-9-5-2-6-10-12/h1-10H,18H3. The van der Waals surface area contributed by atoms with Crippen molar-refractivity contribution in [3.63, 3.8) is 0 Å². The molecule has 0 fully saturated rings. The first kappa shape index (κ1) is 12.9. The Morgan fingerprint density at radius 3 is 1.50 bits per heavy atom. The normalized spacial score (nSPS) is 11.1. The Morgan fingerprint density at radius 1 is 0.778 bits per heavy atom. The molecule has 0 aliphatic rings. The van der Waals surface area contributed by atoms with Gasteiger partial charge < -0.3 is 13.3 Å². The van der Waals surface area contributed by atoms with Crippen LogP contribution in [0.25, 0.3) is 0 Å². The van der Waals surface area contributed by atoms with Crippen LogP contribution in [-0.2, 0) is 8.78 Å². The molecule has 0 N–H and O–H groups in total. The molecule has 6 heteroatoms. The summed E-state index contributed by atoms with van der Waals surface area (Å²) in [4.78, 5) is 0. The van der Waals surface area contributed by atoms with Crippen molar-refractivity contribution in [1.29, 1.82) is 0 Å². The quantitative estimate of drug-likeness (QED) is 0.623. The van der Waals surface area contributed by atoms with Gasteiger partial charge in [0.15, 0.2) is 10.5 Å².